The van der Waals surface area contributed by atoms with E-state index in [1.165, 1.54) is 12.1 Å². The Morgan fingerprint density at radius 3 is 2.77 bits per heavy atom. The quantitative estimate of drug-likeness (QED) is 0.627. The predicted octanol–water partition coefficient (Wildman–Crippen LogP) is 4.13. The van der Waals surface area contributed by atoms with Crippen molar-refractivity contribution < 1.29 is 14.5 Å². The van der Waals surface area contributed by atoms with Gasteiger partial charge in [0.05, 0.1) is 10.5 Å². The SMILES string of the molecule is CC1CC(=O)c2c(Oc3ccc([N+](=O)[O-])cn3)ccc(Cl)c21. The van der Waals surface area contributed by atoms with Crippen LogP contribution in [-0.4, -0.2) is 15.7 Å². The Kier molecular flexibility index (Phi) is 3.54. The van der Waals surface area contributed by atoms with Crippen LogP contribution >= 0.6 is 11.6 Å². The summed E-state index contributed by atoms with van der Waals surface area (Å²) in [6.45, 7) is 1.93. The number of carbonyl (C=O) groups is 1. The Morgan fingerprint density at radius 1 is 1.36 bits per heavy atom. The van der Waals surface area contributed by atoms with E-state index < -0.39 is 4.92 Å². The molecule has 0 fully saturated rings. The molecule has 0 aliphatic heterocycles. The van der Waals surface area contributed by atoms with E-state index in [1.807, 2.05) is 6.92 Å². The summed E-state index contributed by atoms with van der Waals surface area (Å²) in [5.74, 6) is 0.572. The second kappa shape index (κ2) is 5.38. The molecule has 0 N–H and O–H groups in total. The smallest absolute Gasteiger partial charge is 0.287 e. The molecule has 1 unspecified atom stereocenters. The van der Waals surface area contributed by atoms with Gasteiger partial charge < -0.3 is 4.74 Å². The Labute approximate surface area is 130 Å². The van der Waals surface area contributed by atoms with Crippen LogP contribution in [0.15, 0.2) is 30.5 Å². The molecule has 1 atom stereocenters. The van der Waals surface area contributed by atoms with Gasteiger partial charge in [0.2, 0.25) is 5.88 Å². The molecule has 1 aromatic carbocycles. The summed E-state index contributed by atoms with van der Waals surface area (Å²) in [5.41, 5.74) is 1.13. The van der Waals surface area contributed by atoms with E-state index in [9.17, 15) is 14.9 Å². The van der Waals surface area contributed by atoms with Crippen LogP contribution in [0.3, 0.4) is 0 Å². The van der Waals surface area contributed by atoms with E-state index in [1.54, 1.807) is 12.1 Å². The molecule has 3 rings (SSSR count). The van der Waals surface area contributed by atoms with Gasteiger partial charge in [0, 0.05) is 23.6 Å². The highest BCUT2D eigenvalue weighted by molar-refractivity contribution is 6.32. The van der Waals surface area contributed by atoms with Gasteiger partial charge in [-0.05, 0) is 23.6 Å². The largest absolute Gasteiger partial charge is 0.438 e. The number of hydrogen-bond donors (Lipinski definition) is 0. The van der Waals surface area contributed by atoms with Crippen molar-refractivity contribution in [3.05, 3.63) is 56.7 Å². The van der Waals surface area contributed by atoms with Crippen molar-refractivity contribution in [1.82, 2.24) is 4.98 Å². The predicted molar refractivity (Wildman–Crippen MR) is 79.8 cm³/mol. The first kappa shape index (κ1) is 14.5. The monoisotopic (exact) mass is 318 g/mol. The second-order valence-corrected chi connectivity index (χ2v) is 5.48. The highest BCUT2D eigenvalue weighted by Gasteiger charge is 2.32. The van der Waals surface area contributed by atoms with E-state index in [0.717, 1.165) is 11.8 Å². The molecule has 1 heterocycles. The van der Waals surface area contributed by atoms with Crippen molar-refractivity contribution in [3.8, 4) is 11.6 Å². The van der Waals surface area contributed by atoms with Gasteiger partial charge in [-0.15, -0.1) is 0 Å². The van der Waals surface area contributed by atoms with E-state index >= 15 is 0 Å². The van der Waals surface area contributed by atoms with Gasteiger partial charge in [-0.25, -0.2) is 4.98 Å². The minimum absolute atomic E-state index is 0.0260. The van der Waals surface area contributed by atoms with E-state index in [4.69, 9.17) is 16.3 Å². The Balaban J connectivity index is 1.97. The number of Topliss-reactive ketones (excluding diaryl/α,β-unsaturated/α-hetero) is 1. The van der Waals surface area contributed by atoms with Crippen LogP contribution in [0.4, 0.5) is 5.69 Å². The lowest BCUT2D eigenvalue weighted by Gasteiger charge is -2.11. The lowest BCUT2D eigenvalue weighted by atomic mass is 10.0. The van der Waals surface area contributed by atoms with Gasteiger partial charge in [0.25, 0.3) is 5.69 Å². The molecule has 112 valence electrons. The number of nitro groups is 1. The molecule has 0 saturated heterocycles. The van der Waals surface area contributed by atoms with Crippen molar-refractivity contribution >= 4 is 23.1 Å². The van der Waals surface area contributed by atoms with Gasteiger partial charge in [0.15, 0.2) is 5.78 Å². The summed E-state index contributed by atoms with van der Waals surface area (Å²) < 4.78 is 5.62. The highest BCUT2D eigenvalue weighted by Crippen LogP contribution is 2.43. The molecule has 0 spiro atoms. The van der Waals surface area contributed by atoms with Crippen LogP contribution in [0.25, 0.3) is 0 Å². The number of nitrogens with zero attached hydrogens (tertiary/aromatic N) is 2. The van der Waals surface area contributed by atoms with Crippen LogP contribution in [0.2, 0.25) is 5.02 Å². The number of fused-ring (bicyclic) bond motifs is 1. The van der Waals surface area contributed by atoms with Crippen molar-refractivity contribution in [3.63, 3.8) is 0 Å². The molecular weight excluding hydrogens is 308 g/mol. The fourth-order valence-corrected chi connectivity index (χ4v) is 2.91. The number of ketones is 1. The average Bonchev–Trinajstić information content (AvgIpc) is 2.78. The van der Waals surface area contributed by atoms with Crippen LogP contribution in [-0.2, 0) is 0 Å². The summed E-state index contributed by atoms with van der Waals surface area (Å²) in [7, 11) is 0. The molecule has 7 heteroatoms. The molecule has 6 nitrogen and oxygen atoms in total. The highest BCUT2D eigenvalue weighted by atomic mass is 35.5. The van der Waals surface area contributed by atoms with Gasteiger partial charge in [0.1, 0.15) is 11.9 Å². The third kappa shape index (κ3) is 2.42. The molecule has 0 bridgehead atoms. The maximum absolute atomic E-state index is 12.1. The van der Waals surface area contributed by atoms with E-state index in [0.29, 0.717) is 22.8 Å². The second-order valence-electron chi connectivity index (χ2n) is 5.08. The van der Waals surface area contributed by atoms with Crippen molar-refractivity contribution in [1.29, 1.82) is 0 Å². The zero-order valence-corrected chi connectivity index (χ0v) is 12.3. The number of ether oxygens (including phenoxy) is 1. The molecule has 1 aromatic heterocycles. The van der Waals surface area contributed by atoms with Crippen LogP contribution < -0.4 is 4.74 Å². The third-order valence-electron chi connectivity index (χ3n) is 3.56. The standard InChI is InChI=1S/C15H11ClN2O4/c1-8-6-11(19)15-12(4-3-10(16)14(8)15)22-13-5-2-9(7-17-13)18(20)21/h2-5,7-8H,6H2,1H3. The summed E-state index contributed by atoms with van der Waals surface area (Å²) in [5, 5.41) is 11.1. The summed E-state index contributed by atoms with van der Waals surface area (Å²) in [4.78, 5) is 26.1. The summed E-state index contributed by atoms with van der Waals surface area (Å²) in [6, 6.07) is 5.97. The van der Waals surface area contributed by atoms with Crippen LogP contribution in [0.5, 0.6) is 11.6 Å². The van der Waals surface area contributed by atoms with Crippen LogP contribution in [0, 0.1) is 10.1 Å². The molecular formula is C15H11ClN2O4. The van der Waals surface area contributed by atoms with Crippen LogP contribution in [0.1, 0.15) is 35.2 Å². The average molecular weight is 319 g/mol. The minimum atomic E-state index is -0.540. The number of hydrogen-bond acceptors (Lipinski definition) is 5. The van der Waals surface area contributed by atoms with Gasteiger partial charge in [-0.2, -0.15) is 0 Å². The number of carbonyl (C=O) groups excluding carboxylic acids is 1. The molecule has 0 saturated carbocycles. The van der Waals surface area contributed by atoms with E-state index in [-0.39, 0.29) is 23.3 Å². The first-order valence-electron chi connectivity index (χ1n) is 6.61. The molecule has 1 aliphatic rings. The third-order valence-corrected chi connectivity index (χ3v) is 3.89. The zero-order valence-electron chi connectivity index (χ0n) is 11.6. The van der Waals surface area contributed by atoms with Crippen molar-refractivity contribution in [2.24, 2.45) is 0 Å². The first-order valence-corrected chi connectivity index (χ1v) is 6.99. The normalized spacial score (nSPS) is 16.5. The van der Waals surface area contributed by atoms with Gasteiger partial charge in [-0.3, -0.25) is 14.9 Å². The Bertz CT molecular complexity index is 774. The maximum Gasteiger partial charge on any atom is 0.287 e. The fraction of sp³-hybridized carbons (Fsp3) is 0.200. The molecule has 22 heavy (non-hydrogen) atoms. The van der Waals surface area contributed by atoms with Gasteiger partial charge >= 0.3 is 0 Å². The van der Waals surface area contributed by atoms with Gasteiger partial charge in [-0.1, -0.05) is 18.5 Å². The summed E-state index contributed by atoms with van der Waals surface area (Å²) >= 11 is 6.16. The molecule has 0 radical (unpaired) electrons. The number of rotatable bonds is 3. The lowest BCUT2D eigenvalue weighted by molar-refractivity contribution is -0.385. The fourth-order valence-electron chi connectivity index (χ4n) is 2.56. The number of aromatic nitrogens is 1. The topological polar surface area (TPSA) is 82.3 Å². The Morgan fingerprint density at radius 2 is 2.14 bits per heavy atom. The Hall–Kier alpha value is -2.47. The van der Waals surface area contributed by atoms with Crippen molar-refractivity contribution in [2.45, 2.75) is 19.3 Å². The first-order chi connectivity index (χ1) is 10.5. The maximum atomic E-state index is 12.1. The summed E-state index contributed by atoms with van der Waals surface area (Å²) in [6.07, 6.45) is 1.50. The van der Waals surface area contributed by atoms with Crippen molar-refractivity contribution in [2.75, 3.05) is 0 Å². The van der Waals surface area contributed by atoms with E-state index in [2.05, 4.69) is 4.98 Å². The number of halogens is 1. The minimum Gasteiger partial charge on any atom is -0.438 e. The molecule has 0 amide bonds. The molecule has 2 aromatic rings. The number of benzene rings is 1. The number of pyridine rings is 1. The molecule has 1 aliphatic carbocycles. The lowest BCUT2D eigenvalue weighted by Crippen LogP contribution is -1.98. The zero-order chi connectivity index (χ0) is 15.9.